The molecule has 3 rings (SSSR count). The molecule has 0 saturated carbocycles. The lowest BCUT2D eigenvalue weighted by Crippen LogP contribution is -2.49. The van der Waals surface area contributed by atoms with Crippen LogP contribution in [0.1, 0.15) is 5.56 Å². The number of pyridine rings is 1. The van der Waals surface area contributed by atoms with E-state index in [9.17, 15) is 4.79 Å². The van der Waals surface area contributed by atoms with Crippen LogP contribution in [0.5, 0.6) is 0 Å². The van der Waals surface area contributed by atoms with E-state index in [0.29, 0.717) is 29.6 Å². The van der Waals surface area contributed by atoms with Gasteiger partial charge in [-0.3, -0.25) is 4.79 Å². The summed E-state index contributed by atoms with van der Waals surface area (Å²) in [5.41, 5.74) is 0.948. The Morgan fingerprint density at radius 1 is 1.04 bits per heavy atom. The van der Waals surface area contributed by atoms with Gasteiger partial charge in [-0.1, -0.05) is 35.3 Å². The van der Waals surface area contributed by atoms with E-state index in [0.717, 1.165) is 24.5 Å². The molecule has 23 heavy (non-hydrogen) atoms. The zero-order valence-electron chi connectivity index (χ0n) is 12.6. The van der Waals surface area contributed by atoms with Gasteiger partial charge in [0.15, 0.2) is 0 Å². The third-order valence-electron chi connectivity index (χ3n) is 3.91. The summed E-state index contributed by atoms with van der Waals surface area (Å²) in [7, 11) is 0. The monoisotopic (exact) mass is 349 g/mol. The van der Waals surface area contributed by atoms with Crippen molar-refractivity contribution in [3.63, 3.8) is 0 Å². The molecule has 6 heteroatoms. The second-order valence-electron chi connectivity index (χ2n) is 5.51. The van der Waals surface area contributed by atoms with Crippen LogP contribution >= 0.6 is 23.2 Å². The highest BCUT2D eigenvalue weighted by Gasteiger charge is 2.21. The number of rotatable bonds is 3. The van der Waals surface area contributed by atoms with Crippen molar-refractivity contribution < 1.29 is 4.79 Å². The van der Waals surface area contributed by atoms with Crippen LogP contribution in [-0.2, 0) is 11.2 Å². The van der Waals surface area contributed by atoms with Crippen molar-refractivity contribution in [2.45, 2.75) is 6.42 Å². The van der Waals surface area contributed by atoms with Crippen LogP contribution < -0.4 is 4.90 Å². The van der Waals surface area contributed by atoms with Gasteiger partial charge < -0.3 is 9.80 Å². The highest BCUT2D eigenvalue weighted by atomic mass is 35.5. The largest absolute Gasteiger partial charge is 0.353 e. The molecule has 1 saturated heterocycles. The summed E-state index contributed by atoms with van der Waals surface area (Å²) in [5, 5.41) is 1.29. The number of hydrogen-bond donors (Lipinski definition) is 0. The van der Waals surface area contributed by atoms with Gasteiger partial charge in [0, 0.05) is 37.4 Å². The van der Waals surface area contributed by atoms with Crippen molar-refractivity contribution in [2.24, 2.45) is 0 Å². The molecular weight excluding hydrogens is 333 g/mol. The summed E-state index contributed by atoms with van der Waals surface area (Å²) in [5.74, 6) is 1.03. The Morgan fingerprint density at radius 2 is 1.83 bits per heavy atom. The molecule has 1 amide bonds. The molecule has 0 radical (unpaired) electrons. The number of anilines is 1. The SMILES string of the molecule is O=C(Cc1cccc(Cl)c1)N1CCN(c2ccc(Cl)cn2)CC1. The molecular formula is C17H17Cl2N3O. The summed E-state index contributed by atoms with van der Waals surface area (Å²) in [4.78, 5) is 20.8. The Bertz CT molecular complexity index is 682. The van der Waals surface area contributed by atoms with E-state index in [1.54, 1.807) is 6.20 Å². The van der Waals surface area contributed by atoms with Gasteiger partial charge in [-0.15, -0.1) is 0 Å². The van der Waals surface area contributed by atoms with E-state index < -0.39 is 0 Å². The zero-order chi connectivity index (χ0) is 16.2. The fraction of sp³-hybridized carbons (Fsp3) is 0.294. The van der Waals surface area contributed by atoms with E-state index in [2.05, 4.69) is 9.88 Å². The Hall–Kier alpha value is -1.78. The molecule has 1 aromatic carbocycles. The third-order valence-corrected chi connectivity index (χ3v) is 4.37. The Kier molecular flexibility index (Phi) is 5.03. The van der Waals surface area contributed by atoms with Gasteiger partial charge in [-0.2, -0.15) is 0 Å². The zero-order valence-corrected chi connectivity index (χ0v) is 14.1. The van der Waals surface area contributed by atoms with Gasteiger partial charge in [0.2, 0.25) is 5.91 Å². The number of hydrogen-bond acceptors (Lipinski definition) is 3. The smallest absolute Gasteiger partial charge is 0.227 e. The van der Waals surface area contributed by atoms with Crippen LogP contribution in [0, 0.1) is 0 Å². The predicted octanol–water partition coefficient (Wildman–Crippen LogP) is 3.28. The first-order valence-corrected chi connectivity index (χ1v) is 8.26. The maximum absolute atomic E-state index is 12.4. The molecule has 1 aliphatic rings. The molecule has 0 atom stereocenters. The molecule has 1 aliphatic heterocycles. The molecule has 1 fully saturated rings. The lowest BCUT2D eigenvalue weighted by molar-refractivity contribution is -0.130. The number of aromatic nitrogens is 1. The molecule has 1 aromatic heterocycles. The van der Waals surface area contributed by atoms with E-state index in [1.165, 1.54) is 0 Å². The Morgan fingerprint density at radius 3 is 2.48 bits per heavy atom. The highest BCUT2D eigenvalue weighted by molar-refractivity contribution is 6.30. The topological polar surface area (TPSA) is 36.4 Å². The Labute approximate surface area is 145 Å². The number of benzene rings is 1. The number of nitrogens with zero attached hydrogens (tertiary/aromatic N) is 3. The first-order valence-electron chi connectivity index (χ1n) is 7.50. The average Bonchev–Trinajstić information content (AvgIpc) is 2.56. The second-order valence-corrected chi connectivity index (χ2v) is 6.38. The summed E-state index contributed by atoms with van der Waals surface area (Å²) in [6, 6.07) is 11.2. The molecule has 0 N–H and O–H groups in total. The van der Waals surface area contributed by atoms with Crippen LogP contribution in [0.2, 0.25) is 10.0 Å². The van der Waals surface area contributed by atoms with E-state index in [1.807, 2.05) is 41.3 Å². The maximum atomic E-state index is 12.4. The van der Waals surface area contributed by atoms with Crippen LogP contribution in [0.15, 0.2) is 42.6 Å². The van der Waals surface area contributed by atoms with Gasteiger partial charge in [-0.05, 0) is 29.8 Å². The van der Waals surface area contributed by atoms with Gasteiger partial charge in [0.25, 0.3) is 0 Å². The van der Waals surface area contributed by atoms with Gasteiger partial charge in [0.1, 0.15) is 5.82 Å². The van der Waals surface area contributed by atoms with Crippen LogP contribution in [-0.4, -0.2) is 42.0 Å². The van der Waals surface area contributed by atoms with Crippen molar-refractivity contribution in [3.8, 4) is 0 Å². The minimum Gasteiger partial charge on any atom is -0.353 e. The number of amides is 1. The molecule has 4 nitrogen and oxygen atoms in total. The first-order chi connectivity index (χ1) is 11.1. The normalized spacial score (nSPS) is 14.9. The molecule has 2 heterocycles. The predicted molar refractivity (Wildman–Crippen MR) is 93.2 cm³/mol. The van der Waals surface area contributed by atoms with Gasteiger partial charge in [-0.25, -0.2) is 4.98 Å². The number of carbonyl (C=O) groups excluding carboxylic acids is 1. The van der Waals surface area contributed by atoms with Gasteiger partial charge >= 0.3 is 0 Å². The third kappa shape index (κ3) is 4.15. The van der Waals surface area contributed by atoms with Crippen LogP contribution in [0.3, 0.4) is 0 Å². The average molecular weight is 350 g/mol. The fourth-order valence-corrected chi connectivity index (χ4v) is 3.00. The maximum Gasteiger partial charge on any atom is 0.227 e. The van der Waals surface area contributed by atoms with Crippen molar-refractivity contribution in [1.82, 2.24) is 9.88 Å². The van der Waals surface area contributed by atoms with E-state index in [4.69, 9.17) is 23.2 Å². The van der Waals surface area contributed by atoms with Gasteiger partial charge in [0.05, 0.1) is 11.4 Å². The number of piperazine rings is 1. The summed E-state index contributed by atoms with van der Waals surface area (Å²) in [6.45, 7) is 2.94. The minimum atomic E-state index is 0.135. The first kappa shape index (κ1) is 16.1. The van der Waals surface area contributed by atoms with Crippen molar-refractivity contribution >= 4 is 34.9 Å². The van der Waals surface area contributed by atoms with Crippen LogP contribution in [0.25, 0.3) is 0 Å². The number of halogens is 2. The summed E-state index contributed by atoms with van der Waals surface area (Å²) < 4.78 is 0. The minimum absolute atomic E-state index is 0.135. The summed E-state index contributed by atoms with van der Waals surface area (Å²) in [6.07, 6.45) is 2.04. The lowest BCUT2D eigenvalue weighted by Gasteiger charge is -2.35. The quantitative estimate of drug-likeness (QED) is 0.853. The second kappa shape index (κ2) is 7.20. The van der Waals surface area contributed by atoms with E-state index in [-0.39, 0.29) is 5.91 Å². The van der Waals surface area contributed by atoms with E-state index >= 15 is 0 Å². The molecule has 0 spiro atoms. The fourth-order valence-electron chi connectivity index (χ4n) is 2.67. The van der Waals surface area contributed by atoms with Crippen molar-refractivity contribution in [3.05, 3.63) is 58.2 Å². The molecule has 2 aromatic rings. The van der Waals surface area contributed by atoms with Crippen molar-refractivity contribution in [1.29, 1.82) is 0 Å². The number of carbonyl (C=O) groups is 1. The van der Waals surface area contributed by atoms with Crippen LogP contribution in [0.4, 0.5) is 5.82 Å². The standard InChI is InChI=1S/C17H17Cl2N3O/c18-14-3-1-2-13(10-14)11-17(23)22-8-6-21(7-9-22)16-5-4-15(19)12-20-16/h1-5,10,12H,6-9,11H2. The Balaban J connectivity index is 1.56. The lowest BCUT2D eigenvalue weighted by atomic mass is 10.1. The molecule has 0 bridgehead atoms. The summed E-state index contributed by atoms with van der Waals surface area (Å²) >= 11 is 11.8. The molecule has 120 valence electrons. The molecule has 0 unspecified atom stereocenters. The highest BCUT2D eigenvalue weighted by Crippen LogP contribution is 2.17. The molecule has 0 aliphatic carbocycles. The van der Waals surface area contributed by atoms with Crippen molar-refractivity contribution in [2.75, 3.05) is 31.1 Å².